The molecule has 0 atom stereocenters. The summed E-state index contributed by atoms with van der Waals surface area (Å²) >= 11 is 9.12. The molecule has 0 aliphatic heterocycles. The molecule has 2 aromatic rings. The van der Waals surface area contributed by atoms with E-state index >= 15 is 0 Å². The maximum atomic E-state index is 12.1. The predicted octanol–water partition coefficient (Wildman–Crippen LogP) is 4.58. The smallest absolute Gasteiger partial charge is 0.252 e. The van der Waals surface area contributed by atoms with E-state index in [1.807, 2.05) is 54.8 Å². The number of amides is 1. The van der Waals surface area contributed by atoms with E-state index in [1.165, 1.54) is 0 Å². The van der Waals surface area contributed by atoms with Crippen molar-refractivity contribution in [2.45, 2.75) is 9.79 Å². The normalized spacial score (nSPS) is 10.4. The molecule has 0 saturated carbocycles. The van der Waals surface area contributed by atoms with Crippen LogP contribution in [0.25, 0.3) is 0 Å². The fraction of sp³-hybridized carbons (Fsp3) is 0.188. The molecule has 0 aliphatic carbocycles. The number of hydrogen-bond acceptors (Lipinski definition) is 3. The number of rotatable bonds is 6. The van der Waals surface area contributed by atoms with E-state index in [2.05, 4.69) is 5.32 Å². The molecule has 0 fully saturated rings. The first-order valence-corrected chi connectivity index (χ1v) is 9.09. The highest BCUT2D eigenvalue weighted by Gasteiger charge is 2.09. The van der Waals surface area contributed by atoms with Gasteiger partial charge in [-0.15, -0.1) is 23.5 Å². The van der Waals surface area contributed by atoms with Crippen molar-refractivity contribution in [1.29, 1.82) is 0 Å². The van der Waals surface area contributed by atoms with Gasteiger partial charge in [-0.2, -0.15) is 0 Å². The highest BCUT2D eigenvalue weighted by Crippen LogP contribution is 2.21. The number of hydrogen-bond donors (Lipinski definition) is 1. The van der Waals surface area contributed by atoms with Crippen LogP contribution in [0.2, 0.25) is 5.02 Å². The summed E-state index contributed by atoms with van der Waals surface area (Å²) in [6.45, 7) is 0.634. The van der Waals surface area contributed by atoms with Crippen molar-refractivity contribution in [1.82, 2.24) is 5.32 Å². The highest BCUT2D eigenvalue weighted by molar-refractivity contribution is 7.99. The summed E-state index contributed by atoms with van der Waals surface area (Å²) in [5.74, 6) is 0.811. The molecule has 5 heteroatoms. The number of thioether (sulfide) groups is 2. The molecule has 0 heterocycles. The topological polar surface area (TPSA) is 29.1 Å². The van der Waals surface area contributed by atoms with Crippen molar-refractivity contribution < 1.29 is 4.79 Å². The largest absolute Gasteiger partial charge is 0.351 e. The zero-order valence-electron chi connectivity index (χ0n) is 11.6. The minimum Gasteiger partial charge on any atom is -0.351 e. The fourth-order valence-electron chi connectivity index (χ4n) is 1.79. The summed E-state index contributed by atoms with van der Waals surface area (Å²) in [5.41, 5.74) is 0.737. The van der Waals surface area contributed by atoms with Gasteiger partial charge < -0.3 is 5.32 Å². The lowest BCUT2D eigenvalue weighted by Crippen LogP contribution is -2.26. The first-order valence-electron chi connectivity index (χ1n) is 6.50. The molecule has 1 N–H and O–H groups in total. The second kappa shape index (κ2) is 8.37. The molecule has 1 amide bonds. The third-order valence-electron chi connectivity index (χ3n) is 2.82. The quantitative estimate of drug-likeness (QED) is 0.617. The van der Waals surface area contributed by atoms with E-state index in [9.17, 15) is 4.79 Å². The van der Waals surface area contributed by atoms with Gasteiger partial charge in [0.25, 0.3) is 5.91 Å². The molecule has 21 heavy (non-hydrogen) atoms. The van der Waals surface area contributed by atoms with E-state index in [0.29, 0.717) is 6.54 Å². The van der Waals surface area contributed by atoms with E-state index in [4.69, 9.17) is 11.6 Å². The van der Waals surface area contributed by atoms with Crippen LogP contribution in [0.4, 0.5) is 0 Å². The molecule has 0 unspecified atom stereocenters. The molecule has 2 rings (SSSR count). The van der Waals surface area contributed by atoms with E-state index in [0.717, 1.165) is 26.1 Å². The third kappa shape index (κ3) is 4.99. The van der Waals surface area contributed by atoms with Crippen molar-refractivity contribution in [3.05, 3.63) is 59.1 Å². The Bertz CT molecular complexity index is 601. The van der Waals surface area contributed by atoms with Gasteiger partial charge in [-0.05, 0) is 42.7 Å². The summed E-state index contributed by atoms with van der Waals surface area (Å²) < 4.78 is 0. The minimum absolute atomic E-state index is 0.0170. The molecule has 0 saturated heterocycles. The monoisotopic (exact) mass is 337 g/mol. The van der Waals surface area contributed by atoms with Gasteiger partial charge in [0.2, 0.25) is 0 Å². The van der Waals surface area contributed by atoms with Gasteiger partial charge in [-0.3, -0.25) is 4.79 Å². The molecule has 0 spiro atoms. The number of nitrogens with one attached hydrogen (secondary N) is 1. The van der Waals surface area contributed by atoms with Crippen molar-refractivity contribution in [2.24, 2.45) is 0 Å². The molecular formula is C16H16ClNOS2. The van der Waals surface area contributed by atoms with Crippen LogP contribution in [-0.2, 0) is 0 Å². The van der Waals surface area contributed by atoms with Gasteiger partial charge in [0.1, 0.15) is 0 Å². The Morgan fingerprint density at radius 2 is 1.86 bits per heavy atom. The van der Waals surface area contributed by atoms with Crippen molar-refractivity contribution in [3.8, 4) is 0 Å². The van der Waals surface area contributed by atoms with Crippen molar-refractivity contribution >= 4 is 41.0 Å². The molecule has 2 nitrogen and oxygen atoms in total. The molecular weight excluding hydrogens is 322 g/mol. The third-order valence-corrected chi connectivity index (χ3v) is 4.88. The van der Waals surface area contributed by atoms with Gasteiger partial charge in [-0.1, -0.05) is 23.7 Å². The van der Waals surface area contributed by atoms with Gasteiger partial charge in [0.05, 0.1) is 5.56 Å². The molecule has 0 aromatic heterocycles. The maximum Gasteiger partial charge on any atom is 0.252 e. The van der Waals surface area contributed by atoms with Crippen LogP contribution in [0.15, 0.2) is 58.3 Å². The van der Waals surface area contributed by atoms with Crippen molar-refractivity contribution in [2.75, 3.05) is 18.6 Å². The number of carbonyl (C=O) groups excluding carboxylic acids is 1. The average molecular weight is 338 g/mol. The Balaban J connectivity index is 1.80. The summed E-state index contributed by atoms with van der Waals surface area (Å²) in [6, 6.07) is 15.4. The van der Waals surface area contributed by atoms with Gasteiger partial charge in [0.15, 0.2) is 0 Å². The summed E-state index contributed by atoms with van der Waals surface area (Å²) in [4.78, 5) is 14.3. The van der Waals surface area contributed by atoms with Crippen LogP contribution in [0.5, 0.6) is 0 Å². The SMILES string of the molecule is CSc1ccccc1C(=O)NCCSc1ccc(Cl)cc1. The fourth-order valence-corrected chi connectivity index (χ4v) is 3.28. The zero-order valence-corrected chi connectivity index (χ0v) is 14.0. The lowest BCUT2D eigenvalue weighted by Gasteiger charge is -2.08. The van der Waals surface area contributed by atoms with Crippen LogP contribution in [-0.4, -0.2) is 24.5 Å². The first kappa shape index (κ1) is 16.3. The van der Waals surface area contributed by atoms with Crippen LogP contribution in [0.1, 0.15) is 10.4 Å². The van der Waals surface area contributed by atoms with Crippen LogP contribution in [0, 0.1) is 0 Å². The first-order chi connectivity index (χ1) is 10.2. The summed E-state index contributed by atoms with van der Waals surface area (Å²) in [5, 5.41) is 3.69. The second-order valence-electron chi connectivity index (χ2n) is 4.26. The standard InChI is InChI=1S/C16H16ClNOS2/c1-20-15-5-3-2-4-14(15)16(19)18-10-11-21-13-8-6-12(17)7-9-13/h2-9H,10-11H2,1H3,(H,18,19). The zero-order chi connectivity index (χ0) is 15.1. The molecule has 0 radical (unpaired) electrons. The lowest BCUT2D eigenvalue weighted by molar-refractivity contribution is 0.0953. The van der Waals surface area contributed by atoms with E-state index < -0.39 is 0 Å². The van der Waals surface area contributed by atoms with Crippen LogP contribution < -0.4 is 5.32 Å². The number of benzene rings is 2. The van der Waals surface area contributed by atoms with Crippen molar-refractivity contribution in [3.63, 3.8) is 0 Å². The number of carbonyl (C=O) groups is 1. The van der Waals surface area contributed by atoms with Gasteiger partial charge in [0, 0.05) is 27.1 Å². The Labute approximate surface area is 138 Å². The number of halogens is 1. The van der Waals surface area contributed by atoms with Gasteiger partial charge in [-0.25, -0.2) is 0 Å². The minimum atomic E-state index is -0.0170. The Hall–Kier alpha value is -1.10. The average Bonchev–Trinajstić information content (AvgIpc) is 2.53. The second-order valence-corrected chi connectivity index (χ2v) is 6.71. The molecule has 0 aliphatic rings. The molecule has 2 aromatic carbocycles. The van der Waals surface area contributed by atoms with Crippen LogP contribution >= 0.6 is 35.1 Å². The van der Waals surface area contributed by atoms with Gasteiger partial charge >= 0.3 is 0 Å². The van der Waals surface area contributed by atoms with E-state index in [1.54, 1.807) is 23.5 Å². The Kier molecular flexibility index (Phi) is 6.49. The molecule has 110 valence electrons. The summed E-state index contributed by atoms with van der Waals surface area (Å²) in [6.07, 6.45) is 1.97. The Morgan fingerprint density at radius 3 is 2.57 bits per heavy atom. The van der Waals surface area contributed by atoms with Crippen LogP contribution in [0.3, 0.4) is 0 Å². The lowest BCUT2D eigenvalue weighted by atomic mass is 10.2. The summed E-state index contributed by atoms with van der Waals surface area (Å²) in [7, 11) is 0. The highest BCUT2D eigenvalue weighted by atomic mass is 35.5. The molecule has 0 bridgehead atoms. The van der Waals surface area contributed by atoms with E-state index in [-0.39, 0.29) is 5.91 Å². The predicted molar refractivity (Wildman–Crippen MR) is 92.7 cm³/mol. The maximum absolute atomic E-state index is 12.1. The Morgan fingerprint density at radius 1 is 1.14 bits per heavy atom.